The molecule has 3 rings (SSSR count). The summed E-state index contributed by atoms with van der Waals surface area (Å²) in [7, 11) is 0. The van der Waals surface area contributed by atoms with Crippen LogP contribution in [0.1, 0.15) is 5.56 Å². The van der Waals surface area contributed by atoms with Crippen molar-refractivity contribution in [2.45, 2.75) is 6.04 Å². The van der Waals surface area contributed by atoms with Gasteiger partial charge in [0.25, 0.3) is 0 Å². The maximum Gasteiger partial charge on any atom is 0.327 e. The largest absolute Gasteiger partial charge is 0.480 e. The average Bonchev–Trinajstić information content (AvgIpc) is 3.10. The zero-order chi connectivity index (χ0) is 13.9. The van der Waals surface area contributed by atoms with E-state index in [0.29, 0.717) is 5.75 Å². The highest BCUT2D eigenvalue weighted by molar-refractivity contribution is 8.03. The predicted molar refractivity (Wildman–Crippen MR) is 78.6 cm³/mol. The van der Waals surface area contributed by atoms with Crippen molar-refractivity contribution in [3.05, 3.63) is 53.6 Å². The fraction of sp³-hybridized carbons (Fsp3) is 0.143. The van der Waals surface area contributed by atoms with Gasteiger partial charge in [0.2, 0.25) is 0 Å². The van der Waals surface area contributed by atoms with Crippen LogP contribution in [0.4, 0.5) is 0 Å². The van der Waals surface area contributed by atoms with Gasteiger partial charge < -0.3 is 15.0 Å². The Morgan fingerprint density at radius 2 is 2.25 bits per heavy atom. The zero-order valence-electron chi connectivity index (χ0n) is 10.6. The summed E-state index contributed by atoms with van der Waals surface area (Å²) < 4.78 is 1.93. The van der Waals surface area contributed by atoms with Crippen LogP contribution < -0.4 is 5.32 Å². The summed E-state index contributed by atoms with van der Waals surface area (Å²) in [6.45, 7) is 0. The van der Waals surface area contributed by atoms with Crippen LogP contribution in [0.15, 0.2) is 48.0 Å². The number of thioether (sulfide) groups is 1. The van der Waals surface area contributed by atoms with E-state index in [0.717, 1.165) is 16.3 Å². The minimum Gasteiger partial charge on any atom is -0.480 e. The van der Waals surface area contributed by atoms with Gasteiger partial charge in [0.05, 0.1) is 11.4 Å². The van der Waals surface area contributed by atoms with Crippen molar-refractivity contribution >= 4 is 23.8 Å². The number of carboxylic acid groups (broad SMARTS) is 1. The number of carbonyl (C=O) groups is 1. The lowest BCUT2D eigenvalue weighted by molar-refractivity contribution is -0.138. The van der Waals surface area contributed by atoms with Crippen molar-refractivity contribution in [2.24, 2.45) is 0 Å². The molecule has 20 heavy (non-hydrogen) atoms. The maximum atomic E-state index is 10.9. The Kier molecular flexibility index (Phi) is 3.47. The van der Waals surface area contributed by atoms with Gasteiger partial charge in [0, 0.05) is 23.8 Å². The Hall–Kier alpha value is -2.21. The van der Waals surface area contributed by atoms with E-state index in [2.05, 4.69) is 10.3 Å². The van der Waals surface area contributed by atoms with E-state index in [1.807, 2.05) is 41.1 Å². The normalized spacial score (nSPS) is 20.0. The second kappa shape index (κ2) is 5.42. The van der Waals surface area contributed by atoms with Crippen molar-refractivity contribution in [2.75, 3.05) is 5.75 Å². The molecule has 0 radical (unpaired) electrons. The highest BCUT2D eigenvalue weighted by atomic mass is 32.2. The van der Waals surface area contributed by atoms with E-state index < -0.39 is 12.0 Å². The first-order valence-electron chi connectivity index (χ1n) is 6.14. The first-order valence-corrected chi connectivity index (χ1v) is 7.13. The molecule has 2 N–H and O–H groups in total. The molecule has 1 aromatic heterocycles. The van der Waals surface area contributed by atoms with E-state index in [1.54, 1.807) is 12.5 Å². The number of carboxylic acids is 1. The smallest absolute Gasteiger partial charge is 0.327 e. The fourth-order valence-corrected chi connectivity index (χ4v) is 2.97. The van der Waals surface area contributed by atoms with Gasteiger partial charge in [-0.05, 0) is 23.8 Å². The number of imidazole rings is 1. The van der Waals surface area contributed by atoms with Gasteiger partial charge in [-0.25, -0.2) is 9.78 Å². The highest BCUT2D eigenvalue weighted by Crippen LogP contribution is 2.25. The lowest BCUT2D eigenvalue weighted by Gasteiger charge is -2.04. The molecule has 1 saturated heterocycles. The summed E-state index contributed by atoms with van der Waals surface area (Å²) in [6.07, 6.45) is 7.34. The molecule has 1 fully saturated rings. The summed E-state index contributed by atoms with van der Waals surface area (Å²) >= 11 is 1.53. The number of benzene rings is 1. The quantitative estimate of drug-likeness (QED) is 0.903. The van der Waals surface area contributed by atoms with E-state index >= 15 is 0 Å². The van der Waals surface area contributed by atoms with Crippen LogP contribution in [0, 0.1) is 0 Å². The molecule has 102 valence electrons. The summed E-state index contributed by atoms with van der Waals surface area (Å²) in [6, 6.07) is 7.51. The van der Waals surface area contributed by atoms with E-state index in [1.165, 1.54) is 11.8 Å². The summed E-state index contributed by atoms with van der Waals surface area (Å²) in [5, 5.41) is 12.8. The summed E-state index contributed by atoms with van der Waals surface area (Å²) in [4.78, 5) is 14.9. The third kappa shape index (κ3) is 2.70. The number of nitrogens with zero attached hydrogens (tertiary/aromatic N) is 2. The number of aromatic nitrogens is 2. The highest BCUT2D eigenvalue weighted by Gasteiger charge is 2.24. The Labute approximate surface area is 120 Å². The molecule has 6 heteroatoms. The van der Waals surface area contributed by atoms with E-state index in [9.17, 15) is 4.79 Å². The Balaban J connectivity index is 1.74. The third-order valence-electron chi connectivity index (χ3n) is 3.01. The second-order valence-corrected chi connectivity index (χ2v) is 5.48. The molecular weight excluding hydrogens is 274 g/mol. The molecule has 0 spiro atoms. The lowest BCUT2D eigenvalue weighted by atomic mass is 10.2. The average molecular weight is 287 g/mol. The molecule has 2 aromatic rings. The van der Waals surface area contributed by atoms with Crippen LogP contribution in [-0.2, 0) is 4.79 Å². The van der Waals surface area contributed by atoms with Crippen molar-refractivity contribution in [3.8, 4) is 5.69 Å². The second-order valence-electron chi connectivity index (χ2n) is 4.42. The number of hydrogen-bond donors (Lipinski definition) is 2. The van der Waals surface area contributed by atoms with Crippen LogP contribution >= 0.6 is 11.8 Å². The van der Waals surface area contributed by atoms with Crippen molar-refractivity contribution in [3.63, 3.8) is 0 Å². The summed E-state index contributed by atoms with van der Waals surface area (Å²) in [5.41, 5.74) is 2.08. The van der Waals surface area contributed by atoms with Gasteiger partial charge in [0.1, 0.15) is 6.04 Å². The third-order valence-corrected chi connectivity index (χ3v) is 4.06. The SMILES string of the molecule is O=C(O)C1CS/C(=C\c2ccc(-n3ccnc3)cc2)N1. The monoisotopic (exact) mass is 287 g/mol. The maximum absolute atomic E-state index is 10.9. The Bertz CT molecular complexity index is 635. The van der Waals surface area contributed by atoms with Gasteiger partial charge in [0.15, 0.2) is 0 Å². The molecule has 1 unspecified atom stereocenters. The lowest BCUT2D eigenvalue weighted by Crippen LogP contribution is -2.31. The van der Waals surface area contributed by atoms with E-state index in [4.69, 9.17) is 5.11 Å². The minimum atomic E-state index is -0.809. The van der Waals surface area contributed by atoms with Crippen molar-refractivity contribution in [1.29, 1.82) is 0 Å². The zero-order valence-corrected chi connectivity index (χ0v) is 11.4. The Morgan fingerprint density at radius 1 is 1.45 bits per heavy atom. The van der Waals surface area contributed by atoms with Crippen LogP contribution in [-0.4, -0.2) is 32.4 Å². The topological polar surface area (TPSA) is 67.1 Å². The first-order chi connectivity index (χ1) is 9.72. The first kappa shape index (κ1) is 12.8. The predicted octanol–water partition coefficient (Wildman–Crippen LogP) is 1.96. The molecule has 1 aliphatic heterocycles. The number of aliphatic carboxylic acids is 1. The molecule has 0 bridgehead atoms. The van der Waals surface area contributed by atoms with Crippen molar-refractivity contribution < 1.29 is 9.90 Å². The molecular formula is C14H13N3O2S. The van der Waals surface area contributed by atoms with Crippen LogP contribution in [0.3, 0.4) is 0 Å². The van der Waals surface area contributed by atoms with Crippen molar-refractivity contribution in [1.82, 2.24) is 14.9 Å². The number of hydrogen-bond acceptors (Lipinski definition) is 4. The molecule has 1 atom stereocenters. The van der Waals surface area contributed by atoms with Gasteiger partial charge >= 0.3 is 5.97 Å². The van der Waals surface area contributed by atoms with Crippen LogP contribution in [0.25, 0.3) is 11.8 Å². The van der Waals surface area contributed by atoms with E-state index in [-0.39, 0.29) is 0 Å². The molecule has 1 aromatic carbocycles. The van der Waals surface area contributed by atoms with Gasteiger partial charge in [-0.1, -0.05) is 12.1 Å². The molecule has 0 amide bonds. The van der Waals surface area contributed by atoms with Gasteiger partial charge in [-0.2, -0.15) is 0 Å². The standard InChI is InChI=1S/C14H13N3O2S/c18-14(19)12-8-20-13(16-12)7-10-1-3-11(4-2-10)17-6-5-15-9-17/h1-7,9,12,16H,8H2,(H,18,19)/b13-7-. The fourth-order valence-electron chi connectivity index (χ4n) is 1.95. The molecule has 2 heterocycles. The Morgan fingerprint density at radius 3 is 2.85 bits per heavy atom. The van der Waals surface area contributed by atoms with Gasteiger partial charge in [-0.3, -0.25) is 0 Å². The molecule has 5 nitrogen and oxygen atoms in total. The molecule has 0 aliphatic carbocycles. The minimum absolute atomic E-state index is 0.489. The molecule has 1 aliphatic rings. The number of rotatable bonds is 3. The summed E-state index contributed by atoms with van der Waals surface area (Å²) in [5.74, 6) is -0.245. The molecule has 0 saturated carbocycles. The van der Waals surface area contributed by atoms with Gasteiger partial charge in [-0.15, -0.1) is 11.8 Å². The van der Waals surface area contributed by atoms with Crippen LogP contribution in [0.2, 0.25) is 0 Å². The van der Waals surface area contributed by atoms with Crippen LogP contribution in [0.5, 0.6) is 0 Å². The number of nitrogens with one attached hydrogen (secondary N) is 1.